The van der Waals surface area contributed by atoms with Crippen LogP contribution in [-0.2, 0) is 13.0 Å². The number of pyridine rings is 1. The molecule has 0 aliphatic carbocycles. The maximum Gasteiger partial charge on any atom is 0.231 e. The Bertz CT molecular complexity index is 657. The van der Waals surface area contributed by atoms with Crippen molar-refractivity contribution in [2.75, 3.05) is 13.8 Å². The van der Waals surface area contributed by atoms with Gasteiger partial charge in [-0.2, -0.15) is 0 Å². The van der Waals surface area contributed by atoms with E-state index in [-0.39, 0.29) is 0 Å². The fourth-order valence-corrected chi connectivity index (χ4v) is 2.71. The molecule has 3 rings (SSSR count). The van der Waals surface area contributed by atoms with Gasteiger partial charge in [-0.05, 0) is 44.7 Å². The van der Waals surface area contributed by atoms with E-state index in [0.717, 1.165) is 30.2 Å². The second-order valence-corrected chi connectivity index (χ2v) is 5.94. The molecule has 2 heterocycles. The molecule has 4 heteroatoms. The van der Waals surface area contributed by atoms with Crippen molar-refractivity contribution in [1.82, 2.24) is 9.88 Å². The maximum atomic E-state index is 5.58. The molecule has 0 spiro atoms. The zero-order valence-electron chi connectivity index (χ0n) is 13.4. The molecule has 22 heavy (non-hydrogen) atoms. The number of likely N-dealkylation sites (N-methyl/N-ethyl adjacent to an activating group) is 1. The zero-order valence-corrected chi connectivity index (χ0v) is 13.4. The summed E-state index contributed by atoms with van der Waals surface area (Å²) in [7, 11) is 2.13. The molecule has 2 aromatic rings. The predicted octanol–water partition coefficient (Wildman–Crippen LogP) is 3.18. The first-order valence-corrected chi connectivity index (χ1v) is 7.63. The van der Waals surface area contributed by atoms with Crippen LogP contribution >= 0.6 is 0 Å². The van der Waals surface area contributed by atoms with Crippen molar-refractivity contribution in [1.29, 1.82) is 0 Å². The lowest BCUT2D eigenvalue weighted by Gasteiger charge is -2.25. The van der Waals surface area contributed by atoms with Gasteiger partial charge < -0.3 is 9.47 Å². The number of rotatable bonds is 5. The molecule has 116 valence electrons. The highest BCUT2D eigenvalue weighted by Crippen LogP contribution is 2.35. The van der Waals surface area contributed by atoms with E-state index >= 15 is 0 Å². The molecule has 0 bridgehead atoms. The van der Waals surface area contributed by atoms with E-state index in [2.05, 4.69) is 42.9 Å². The Kier molecular flexibility index (Phi) is 4.29. The van der Waals surface area contributed by atoms with Gasteiger partial charge in [-0.1, -0.05) is 12.1 Å². The van der Waals surface area contributed by atoms with Crippen LogP contribution in [0.2, 0.25) is 0 Å². The van der Waals surface area contributed by atoms with Crippen LogP contribution in [0.25, 0.3) is 0 Å². The summed E-state index contributed by atoms with van der Waals surface area (Å²) in [4.78, 5) is 6.78. The molecule has 0 saturated heterocycles. The topological polar surface area (TPSA) is 34.6 Å². The first-order chi connectivity index (χ1) is 10.6. The molecular formula is C18H22N2O2. The zero-order chi connectivity index (χ0) is 15.5. The first-order valence-electron chi connectivity index (χ1n) is 7.63. The standard InChI is InChI=1S/C18H22N2O2/c1-13-7-8-19-16(9-13)10-14(2)20(3)11-15-5-4-6-17-18(15)22-12-21-17/h4-9,14H,10-12H2,1-3H3/t14-/m0/s1. The smallest absolute Gasteiger partial charge is 0.231 e. The Morgan fingerprint density at radius 2 is 2.14 bits per heavy atom. The summed E-state index contributed by atoms with van der Waals surface area (Å²) in [6.45, 7) is 5.48. The van der Waals surface area contributed by atoms with Crippen LogP contribution in [0.1, 0.15) is 23.7 Å². The van der Waals surface area contributed by atoms with Crippen LogP contribution in [0.15, 0.2) is 36.5 Å². The molecule has 1 aromatic heterocycles. The van der Waals surface area contributed by atoms with E-state index in [9.17, 15) is 0 Å². The predicted molar refractivity (Wildman–Crippen MR) is 86.2 cm³/mol. The van der Waals surface area contributed by atoms with Crippen molar-refractivity contribution in [2.24, 2.45) is 0 Å². The fourth-order valence-electron chi connectivity index (χ4n) is 2.71. The largest absolute Gasteiger partial charge is 0.454 e. The number of aryl methyl sites for hydroxylation is 1. The monoisotopic (exact) mass is 298 g/mol. The van der Waals surface area contributed by atoms with E-state index < -0.39 is 0 Å². The third kappa shape index (κ3) is 3.22. The number of benzene rings is 1. The van der Waals surface area contributed by atoms with Gasteiger partial charge in [-0.15, -0.1) is 0 Å². The summed E-state index contributed by atoms with van der Waals surface area (Å²) in [6, 6.07) is 10.6. The van der Waals surface area contributed by atoms with Gasteiger partial charge in [-0.3, -0.25) is 9.88 Å². The Balaban J connectivity index is 1.67. The summed E-state index contributed by atoms with van der Waals surface area (Å²) in [5, 5.41) is 0. The molecule has 4 nitrogen and oxygen atoms in total. The maximum absolute atomic E-state index is 5.58. The molecule has 0 amide bonds. The van der Waals surface area contributed by atoms with Gasteiger partial charge in [0.15, 0.2) is 11.5 Å². The van der Waals surface area contributed by atoms with E-state index in [1.165, 1.54) is 11.1 Å². The molecule has 0 N–H and O–H groups in total. The summed E-state index contributed by atoms with van der Waals surface area (Å²) >= 11 is 0. The quantitative estimate of drug-likeness (QED) is 0.849. The molecule has 1 aliphatic heterocycles. The molecule has 1 aliphatic rings. The number of nitrogens with zero attached hydrogens (tertiary/aromatic N) is 2. The van der Waals surface area contributed by atoms with Crippen molar-refractivity contribution in [3.8, 4) is 11.5 Å². The van der Waals surface area contributed by atoms with Crippen molar-refractivity contribution in [2.45, 2.75) is 32.9 Å². The Hall–Kier alpha value is -2.07. The van der Waals surface area contributed by atoms with Gasteiger partial charge in [0.1, 0.15) is 0 Å². The van der Waals surface area contributed by atoms with E-state index in [1.54, 1.807) is 0 Å². The molecule has 0 fully saturated rings. The van der Waals surface area contributed by atoms with Gasteiger partial charge in [0.05, 0.1) is 0 Å². The average molecular weight is 298 g/mol. The van der Waals surface area contributed by atoms with Crippen molar-refractivity contribution < 1.29 is 9.47 Å². The van der Waals surface area contributed by atoms with E-state index in [0.29, 0.717) is 12.8 Å². The van der Waals surface area contributed by atoms with Crippen molar-refractivity contribution >= 4 is 0 Å². The van der Waals surface area contributed by atoms with Crippen LogP contribution in [0.3, 0.4) is 0 Å². The van der Waals surface area contributed by atoms with Gasteiger partial charge in [-0.25, -0.2) is 0 Å². The lowest BCUT2D eigenvalue weighted by molar-refractivity contribution is 0.171. The third-order valence-electron chi connectivity index (χ3n) is 4.13. The van der Waals surface area contributed by atoms with Gasteiger partial charge in [0.25, 0.3) is 0 Å². The van der Waals surface area contributed by atoms with Gasteiger partial charge in [0, 0.05) is 36.5 Å². The summed E-state index contributed by atoms with van der Waals surface area (Å²) in [5.41, 5.74) is 3.56. The highest BCUT2D eigenvalue weighted by molar-refractivity contribution is 5.48. The summed E-state index contributed by atoms with van der Waals surface area (Å²) < 4.78 is 11.0. The first kappa shape index (κ1) is 14.9. The molecular weight excluding hydrogens is 276 g/mol. The lowest BCUT2D eigenvalue weighted by atomic mass is 10.1. The fraction of sp³-hybridized carbons (Fsp3) is 0.389. The van der Waals surface area contributed by atoms with Crippen molar-refractivity contribution in [3.63, 3.8) is 0 Å². The van der Waals surface area contributed by atoms with Crippen LogP contribution in [-0.4, -0.2) is 29.8 Å². The number of ether oxygens (including phenoxy) is 2. The SMILES string of the molecule is Cc1ccnc(C[C@H](C)N(C)Cc2cccc3c2OCO3)c1. The summed E-state index contributed by atoms with van der Waals surface area (Å²) in [6.07, 6.45) is 2.82. The number of para-hydroxylation sites is 1. The van der Waals surface area contributed by atoms with E-state index in [4.69, 9.17) is 9.47 Å². The summed E-state index contributed by atoms with van der Waals surface area (Å²) in [5.74, 6) is 1.73. The number of hydrogen-bond donors (Lipinski definition) is 0. The normalized spacial score (nSPS) is 14.4. The minimum absolute atomic E-state index is 0.318. The number of hydrogen-bond acceptors (Lipinski definition) is 4. The van der Waals surface area contributed by atoms with Crippen molar-refractivity contribution in [3.05, 3.63) is 53.3 Å². The highest BCUT2D eigenvalue weighted by Gasteiger charge is 2.19. The van der Waals surface area contributed by atoms with Crippen LogP contribution < -0.4 is 9.47 Å². The molecule has 1 aromatic carbocycles. The molecule has 0 radical (unpaired) electrons. The van der Waals surface area contributed by atoms with E-state index in [1.807, 2.05) is 24.4 Å². The second-order valence-electron chi connectivity index (χ2n) is 5.94. The minimum atomic E-state index is 0.318. The number of fused-ring (bicyclic) bond motifs is 1. The Morgan fingerprint density at radius 1 is 1.27 bits per heavy atom. The number of aromatic nitrogens is 1. The highest BCUT2D eigenvalue weighted by atomic mass is 16.7. The second kappa shape index (κ2) is 6.36. The average Bonchev–Trinajstić information content (AvgIpc) is 2.96. The Labute approximate surface area is 131 Å². The van der Waals surface area contributed by atoms with Crippen LogP contribution in [0.5, 0.6) is 11.5 Å². The molecule has 1 atom stereocenters. The lowest BCUT2D eigenvalue weighted by Crippen LogP contribution is -2.30. The van der Waals surface area contributed by atoms with Gasteiger partial charge >= 0.3 is 0 Å². The van der Waals surface area contributed by atoms with Crippen LogP contribution in [0, 0.1) is 6.92 Å². The minimum Gasteiger partial charge on any atom is -0.454 e. The molecule has 0 saturated carbocycles. The van der Waals surface area contributed by atoms with Gasteiger partial charge in [0.2, 0.25) is 6.79 Å². The molecule has 0 unspecified atom stereocenters. The van der Waals surface area contributed by atoms with Crippen LogP contribution in [0.4, 0.5) is 0 Å². The third-order valence-corrected chi connectivity index (χ3v) is 4.13. The Morgan fingerprint density at radius 3 is 2.95 bits per heavy atom.